The number of rotatable bonds is 3. The molecule has 0 spiro atoms. The van der Waals surface area contributed by atoms with E-state index < -0.39 is 0 Å². The number of carbonyl (C=O) groups is 1. The third-order valence-electron chi connectivity index (χ3n) is 5.62. The van der Waals surface area contributed by atoms with Crippen molar-refractivity contribution in [1.82, 2.24) is 10.3 Å². The fourth-order valence-electron chi connectivity index (χ4n) is 5.24. The third-order valence-corrected chi connectivity index (χ3v) is 5.62. The summed E-state index contributed by atoms with van der Waals surface area (Å²) < 4.78 is 5.11. The molecule has 5 rings (SSSR count). The van der Waals surface area contributed by atoms with Gasteiger partial charge in [-0.2, -0.15) is 0 Å². The lowest BCUT2D eigenvalue weighted by molar-refractivity contribution is -0.0167. The number of amides is 1. The van der Waals surface area contributed by atoms with E-state index in [1.807, 2.05) is 0 Å². The van der Waals surface area contributed by atoms with Crippen molar-refractivity contribution in [2.24, 2.45) is 17.8 Å². The second-order valence-corrected chi connectivity index (χ2v) is 7.24. The molecule has 4 nitrogen and oxygen atoms in total. The number of pyridine rings is 1. The van der Waals surface area contributed by atoms with E-state index >= 15 is 0 Å². The average Bonchev–Trinajstić information content (AvgIpc) is 2.45. The van der Waals surface area contributed by atoms with Gasteiger partial charge in [-0.1, -0.05) is 0 Å². The molecule has 112 valence electrons. The van der Waals surface area contributed by atoms with Gasteiger partial charge >= 0.3 is 0 Å². The van der Waals surface area contributed by atoms with Gasteiger partial charge in [-0.05, 0) is 62.3 Å². The second-order valence-electron chi connectivity index (χ2n) is 7.24. The van der Waals surface area contributed by atoms with Crippen LogP contribution in [0.15, 0.2) is 18.3 Å². The minimum Gasteiger partial charge on any atom is -0.481 e. The van der Waals surface area contributed by atoms with Crippen molar-refractivity contribution in [3.8, 4) is 5.88 Å². The van der Waals surface area contributed by atoms with Gasteiger partial charge in [-0.3, -0.25) is 4.79 Å². The van der Waals surface area contributed by atoms with Gasteiger partial charge in [-0.15, -0.1) is 0 Å². The van der Waals surface area contributed by atoms with Crippen LogP contribution in [-0.4, -0.2) is 23.5 Å². The van der Waals surface area contributed by atoms with E-state index in [1.54, 1.807) is 25.4 Å². The zero-order valence-corrected chi connectivity index (χ0v) is 12.5. The number of carbonyl (C=O) groups excluding carboxylic acids is 1. The lowest BCUT2D eigenvalue weighted by atomic mass is 9.53. The van der Waals surface area contributed by atoms with Crippen LogP contribution in [0.3, 0.4) is 0 Å². The van der Waals surface area contributed by atoms with Crippen molar-refractivity contribution in [3.63, 3.8) is 0 Å². The highest BCUT2D eigenvalue weighted by Crippen LogP contribution is 2.55. The molecule has 0 aliphatic heterocycles. The molecule has 4 saturated carbocycles. The fraction of sp³-hybridized carbons (Fsp3) is 0.647. The van der Waals surface area contributed by atoms with E-state index in [2.05, 4.69) is 10.3 Å². The summed E-state index contributed by atoms with van der Waals surface area (Å²) in [6, 6.07) is 3.48. The molecule has 0 aromatic carbocycles. The highest BCUT2D eigenvalue weighted by atomic mass is 16.5. The summed E-state index contributed by atoms with van der Waals surface area (Å²) in [6.07, 6.45) is 9.31. The summed E-state index contributed by atoms with van der Waals surface area (Å²) in [5.74, 6) is 3.03. The molecule has 0 saturated heterocycles. The number of nitrogens with zero attached hydrogens (tertiary/aromatic N) is 1. The first-order valence-electron chi connectivity index (χ1n) is 7.98. The van der Waals surface area contributed by atoms with Crippen molar-refractivity contribution in [2.45, 2.75) is 44.1 Å². The Hall–Kier alpha value is -1.58. The van der Waals surface area contributed by atoms with Crippen LogP contribution in [-0.2, 0) is 0 Å². The summed E-state index contributed by atoms with van der Waals surface area (Å²) in [5.41, 5.74) is 0.708. The molecule has 1 amide bonds. The van der Waals surface area contributed by atoms with E-state index in [9.17, 15) is 4.79 Å². The largest absolute Gasteiger partial charge is 0.481 e. The fourth-order valence-corrected chi connectivity index (χ4v) is 5.24. The zero-order chi connectivity index (χ0) is 14.4. The van der Waals surface area contributed by atoms with Gasteiger partial charge in [0.05, 0.1) is 7.11 Å². The predicted octanol–water partition coefficient (Wildman–Crippen LogP) is 2.79. The van der Waals surface area contributed by atoms with Gasteiger partial charge in [0, 0.05) is 23.4 Å². The molecular formula is C17H22N2O2. The quantitative estimate of drug-likeness (QED) is 0.929. The molecule has 1 N–H and O–H groups in total. The molecular weight excluding hydrogens is 264 g/mol. The molecule has 21 heavy (non-hydrogen) atoms. The molecule has 0 radical (unpaired) electrons. The molecule has 4 aliphatic rings. The smallest absolute Gasteiger partial charge is 0.251 e. The van der Waals surface area contributed by atoms with E-state index in [0.717, 1.165) is 17.8 Å². The molecule has 4 aliphatic carbocycles. The Morgan fingerprint density at radius 1 is 1.24 bits per heavy atom. The maximum absolute atomic E-state index is 12.6. The SMILES string of the molecule is COc1cc(C(=O)NC23CC4CC(CC(C4)C2)C3)ccn1. The third kappa shape index (κ3) is 2.30. The van der Waals surface area contributed by atoms with Gasteiger partial charge in [0.25, 0.3) is 5.91 Å². The average molecular weight is 286 g/mol. The van der Waals surface area contributed by atoms with Crippen LogP contribution in [0.5, 0.6) is 5.88 Å². The molecule has 1 aromatic rings. The minimum absolute atomic E-state index is 0.0256. The molecule has 4 heteroatoms. The van der Waals surface area contributed by atoms with Gasteiger partial charge in [0.1, 0.15) is 0 Å². The van der Waals surface area contributed by atoms with Crippen molar-refractivity contribution in [1.29, 1.82) is 0 Å². The van der Waals surface area contributed by atoms with Crippen LogP contribution in [0.4, 0.5) is 0 Å². The normalized spacial score (nSPS) is 36.5. The summed E-state index contributed by atoms with van der Waals surface area (Å²) in [7, 11) is 1.57. The van der Waals surface area contributed by atoms with Crippen molar-refractivity contribution >= 4 is 5.91 Å². The molecule has 4 fully saturated rings. The minimum atomic E-state index is 0.0256. The molecule has 1 aromatic heterocycles. The Morgan fingerprint density at radius 2 is 1.86 bits per heavy atom. The molecule has 0 unspecified atom stereocenters. The van der Waals surface area contributed by atoms with Crippen LogP contribution < -0.4 is 10.1 Å². The lowest BCUT2D eigenvalue weighted by Crippen LogP contribution is -2.59. The topological polar surface area (TPSA) is 51.2 Å². The van der Waals surface area contributed by atoms with Crippen LogP contribution in [0.2, 0.25) is 0 Å². The summed E-state index contributed by atoms with van der Waals surface area (Å²) >= 11 is 0. The standard InChI is InChI=1S/C17H22N2O2/c1-21-15-7-14(2-3-18-15)16(20)19-17-8-11-4-12(9-17)6-13(5-11)10-17/h2-3,7,11-13H,4-6,8-10H2,1H3,(H,19,20). The molecule has 4 bridgehead atoms. The van der Waals surface area contributed by atoms with Crippen LogP contribution in [0.25, 0.3) is 0 Å². The summed E-state index contributed by atoms with van der Waals surface area (Å²) in [6.45, 7) is 0. The number of methoxy groups -OCH3 is 1. The Morgan fingerprint density at radius 3 is 2.43 bits per heavy atom. The first-order chi connectivity index (χ1) is 10.2. The summed E-state index contributed by atoms with van der Waals surface area (Å²) in [4.78, 5) is 16.7. The van der Waals surface area contributed by atoms with E-state index in [1.165, 1.54) is 38.5 Å². The van der Waals surface area contributed by atoms with Gasteiger partial charge in [0.15, 0.2) is 0 Å². The second kappa shape index (κ2) is 4.72. The maximum atomic E-state index is 12.6. The number of ether oxygens (including phenoxy) is 1. The molecule has 1 heterocycles. The first kappa shape index (κ1) is 13.1. The highest BCUT2D eigenvalue weighted by Gasteiger charge is 2.51. The van der Waals surface area contributed by atoms with Crippen molar-refractivity contribution < 1.29 is 9.53 Å². The Bertz CT molecular complexity index is 534. The van der Waals surface area contributed by atoms with Crippen LogP contribution in [0.1, 0.15) is 48.9 Å². The Labute approximate surface area is 125 Å². The van der Waals surface area contributed by atoms with E-state index in [-0.39, 0.29) is 11.4 Å². The maximum Gasteiger partial charge on any atom is 0.251 e. The first-order valence-corrected chi connectivity index (χ1v) is 7.98. The Balaban J connectivity index is 1.54. The van der Waals surface area contributed by atoms with Crippen molar-refractivity contribution in [3.05, 3.63) is 23.9 Å². The number of hydrogen-bond acceptors (Lipinski definition) is 3. The van der Waals surface area contributed by atoms with E-state index in [4.69, 9.17) is 4.74 Å². The molecule has 0 atom stereocenters. The van der Waals surface area contributed by atoms with Crippen molar-refractivity contribution in [2.75, 3.05) is 7.11 Å². The van der Waals surface area contributed by atoms with Crippen LogP contribution >= 0.6 is 0 Å². The summed E-state index contributed by atoms with van der Waals surface area (Å²) in [5, 5.41) is 3.37. The van der Waals surface area contributed by atoms with Gasteiger partial charge in [0.2, 0.25) is 5.88 Å². The van der Waals surface area contributed by atoms with Gasteiger partial charge in [-0.25, -0.2) is 4.98 Å². The zero-order valence-electron chi connectivity index (χ0n) is 12.5. The van der Waals surface area contributed by atoms with Crippen LogP contribution in [0, 0.1) is 17.8 Å². The number of nitrogens with one attached hydrogen (secondary N) is 1. The van der Waals surface area contributed by atoms with E-state index in [0.29, 0.717) is 11.4 Å². The number of aromatic nitrogens is 1. The predicted molar refractivity (Wildman–Crippen MR) is 79.2 cm³/mol. The highest BCUT2D eigenvalue weighted by molar-refractivity contribution is 5.94. The number of hydrogen-bond donors (Lipinski definition) is 1. The monoisotopic (exact) mass is 286 g/mol. The lowest BCUT2D eigenvalue weighted by Gasteiger charge is -2.56. The Kier molecular flexibility index (Phi) is 2.95. The van der Waals surface area contributed by atoms with Gasteiger partial charge < -0.3 is 10.1 Å².